The number of anilines is 1. The third-order valence-corrected chi connectivity index (χ3v) is 3.56. The first-order valence-corrected chi connectivity index (χ1v) is 6.38. The topological polar surface area (TPSA) is 83.7 Å². The number of hydrogen-bond donors (Lipinski definition) is 1. The van der Waals surface area contributed by atoms with E-state index in [9.17, 15) is 19.3 Å². The molecule has 7 heteroatoms. The number of halogens is 1. The second-order valence-corrected chi connectivity index (χ2v) is 4.92. The van der Waals surface area contributed by atoms with Crippen LogP contribution in [0.15, 0.2) is 18.2 Å². The molecule has 1 aliphatic rings. The summed E-state index contributed by atoms with van der Waals surface area (Å²) in [6, 6.07) is 3.60. The number of rotatable bonds is 4. The average Bonchev–Trinajstić information content (AvgIpc) is 2.39. The molecule has 0 atom stereocenters. The molecule has 0 aliphatic carbocycles. The second kappa shape index (κ2) is 5.85. The Bertz CT molecular complexity index is 527. The number of benzene rings is 1. The molecule has 0 radical (unpaired) electrons. The molecule has 6 nitrogen and oxygen atoms in total. The van der Waals surface area contributed by atoms with E-state index in [0.717, 1.165) is 6.07 Å². The number of hydrogen-bond acceptors (Lipinski definition) is 4. The van der Waals surface area contributed by atoms with Gasteiger partial charge in [-0.3, -0.25) is 14.9 Å². The highest BCUT2D eigenvalue weighted by atomic mass is 19.1. The molecular formula is C13H15FN2O4. The van der Waals surface area contributed by atoms with Crippen molar-refractivity contribution in [1.29, 1.82) is 0 Å². The summed E-state index contributed by atoms with van der Waals surface area (Å²) in [6.45, 7) is 1.12. The van der Waals surface area contributed by atoms with E-state index < -0.39 is 16.7 Å². The fourth-order valence-electron chi connectivity index (χ4n) is 2.49. The van der Waals surface area contributed by atoms with E-state index in [-0.39, 0.29) is 18.0 Å². The molecule has 0 saturated carbocycles. The lowest BCUT2D eigenvalue weighted by atomic mass is 9.93. The van der Waals surface area contributed by atoms with Crippen molar-refractivity contribution in [2.45, 2.75) is 19.3 Å². The minimum Gasteiger partial charge on any atom is -0.481 e. The van der Waals surface area contributed by atoms with Crippen LogP contribution in [0.3, 0.4) is 0 Å². The number of piperidine rings is 1. The van der Waals surface area contributed by atoms with E-state index in [1.54, 1.807) is 4.90 Å². The number of carboxylic acid groups (broad SMARTS) is 1. The number of carbonyl (C=O) groups is 1. The Kier molecular flexibility index (Phi) is 4.16. The highest BCUT2D eigenvalue weighted by molar-refractivity contribution is 5.67. The van der Waals surface area contributed by atoms with Gasteiger partial charge in [-0.05, 0) is 24.8 Å². The lowest BCUT2D eigenvalue weighted by molar-refractivity contribution is -0.385. The van der Waals surface area contributed by atoms with Gasteiger partial charge >= 0.3 is 5.97 Å². The van der Waals surface area contributed by atoms with Crippen LogP contribution >= 0.6 is 0 Å². The van der Waals surface area contributed by atoms with Gasteiger partial charge in [0.15, 0.2) is 5.82 Å². The first-order chi connectivity index (χ1) is 9.47. The van der Waals surface area contributed by atoms with E-state index in [0.29, 0.717) is 31.6 Å². The van der Waals surface area contributed by atoms with E-state index in [4.69, 9.17) is 5.11 Å². The van der Waals surface area contributed by atoms with Gasteiger partial charge in [0, 0.05) is 25.6 Å². The minimum atomic E-state index is -0.815. The van der Waals surface area contributed by atoms with Gasteiger partial charge < -0.3 is 10.0 Å². The smallest absolute Gasteiger partial charge is 0.303 e. The van der Waals surface area contributed by atoms with Gasteiger partial charge in [0.05, 0.1) is 16.7 Å². The number of nitro groups is 1. The van der Waals surface area contributed by atoms with Crippen molar-refractivity contribution in [1.82, 2.24) is 0 Å². The predicted molar refractivity (Wildman–Crippen MR) is 70.2 cm³/mol. The molecular weight excluding hydrogens is 267 g/mol. The van der Waals surface area contributed by atoms with Gasteiger partial charge in [-0.15, -0.1) is 0 Å². The largest absolute Gasteiger partial charge is 0.481 e. The average molecular weight is 282 g/mol. The molecule has 20 heavy (non-hydrogen) atoms. The number of nitro benzene ring substituents is 1. The van der Waals surface area contributed by atoms with Crippen molar-refractivity contribution >= 4 is 17.3 Å². The molecule has 1 aromatic carbocycles. The third-order valence-electron chi connectivity index (χ3n) is 3.56. The molecule has 1 saturated heterocycles. The molecule has 1 heterocycles. The zero-order valence-corrected chi connectivity index (χ0v) is 10.8. The fraction of sp³-hybridized carbons (Fsp3) is 0.462. The summed E-state index contributed by atoms with van der Waals surface area (Å²) in [5.74, 6) is -1.31. The lowest BCUT2D eigenvalue weighted by Gasteiger charge is -2.33. The highest BCUT2D eigenvalue weighted by Gasteiger charge is 2.23. The Morgan fingerprint density at radius 3 is 2.60 bits per heavy atom. The summed E-state index contributed by atoms with van der Waals surface area (Å²) < 4.78 is 13.9. The van der Waals surface area contributed by atoms with Crippen LogP contribution in [0, 0.1) is 21.8 Å². The molecule has 2 rings (SSSR count). The summed E-state index contributed by atoms with van der Waals surface area (Å²) in [7, 11) is 0. The van der Waals surface area contributed by atoms with Crippen LogP contribution in [0.5, 0.6) is 0 Å². The fourth-order valence-corrected chi connectivity index (χ4v) is 2.49. The molecule has 1 N–H and O–H groups in total. The van der Waals surface area contributed by atoms with Gasteiger partial charge in [-0.1, -0.05) is 0 Å². The monoisotopic (exact) mass is 282 g/mol. The van der Waals surface area contributed by atoms with Crippen LogP contribution in [0.2, 0.25) is 0 Å². The summed E-state index contributed by atoms with van der Waals surface area (Å²) >= 11 is 0. The van der Waals surface area contributed by atoms with Crippen LogP contribution < -0.4 is 4.90 Å². The molecule has 0 spiro atoms. The quantitative estimate of drug-likeness (QED) is 0.677. The molecule has 0 amide bonds. The second-order valence-electron chi connectivity index (χ2n) is 4.92. The Labute approximate surface area is 115 Å². The van der Waals surface area contributed by atoms with Gasteiger partial charge in [0.1, 0.15) is 0 Å². The maximum absolute atomic E-state index is 13.9. The molecule has 0 aromatic heterocycles. The third kappa shape index (κ3) is 3.23. The molecule has 1 fully saturated rings. The van der Waals surface area contributed by atoms with Crippen LogP contribution in [0.1, 0.15) is 19.3 Å². The number of nitrogens with zero attached hydrogens (tertiary/aromatic N) is 2. The normalized spacial score (nSPS) is 16.1. The van der Waals surface area contributed by atoms with Crippen molar-refractivity contribution in [2.75, 3.05) is 18.0 Å². The van der Waals surface area contributed by atoms with Crippen molar-refractivity contribution in [3.63, 3.8) is 0 Å². The Balaban J connectivity index is 2.03. The Morgan fingerprint density at radius 2 is 2.10 bits per heavy atom. The van der Waals surface area contributed by atoms with Gasteiger partial charge in [0.2, 0.25) is 0 Å². The van der Waals surface area contributed by atoms with Crippen molar-refractivity contribution in [3.05, 3.63) is 34.1 Å². The standard InChI is InChI=1S/C13H15FN2O4/c14-11-8-10(16(19)20)1-2-12(11)15-5-3-9(4-6-15)7-13(17)18/h1-2,8-9H,3-7H2,(H,17,18). The summed E-state index contributed by atoms with van der Waals surface area (Å²) in [4.78, 5) is 22.4. The maximum atomic E-state index is 13.9. The van der Waals surface area contributed by atoms with Crippen LogP contribution in [-0.4, -0.2) is 29.1 Å². The first kappa shape index (κ1) is 14.2. The number of carboxylic acids is 1. The van der Waals surface area contributed by atoms with E-state index in [1.807, 2.05) is 0 Å². The van der Waals surface area contributed by atoms with Gasteiger partial charge in [0.25, 0.3) is 5.69 Å². The summed E-state index contributed by atoms with van der Waals surface area (Å²) in [6.07, 6.45) is 1.50. The highest BCUT2D eigenvalue weighted by Crippen LogP contribution is 2.29. The number of aliphatic carboxylic acids is 1. The van der Waals surface area contributed by atoms with Gasteiger partial charge in [-0.25, -0.2) is 4.39 Å². The zero-order valence-electron chi connectivity index (χ0n) is 10.8. The maximum Gasteiger partial charge on any atom is 0.303 e. The molecule has 108 valence electrons. The van der Waals surface area contributed by atoms with Crippen LogP contribution in [0.25, 0.3) is 0 Å². The molecule has 0 bridgehead atoms. The Hall–Kier alpha value is -2.18. The van der Waals surface area contributed by atoms with Crippen LogP contribution in [0.4, 0.5) is 15.8 Å². The van der Waals surface area contributed by atoms with Crippen molar-refractivity contribution in [2.24, 2.45) is 5.92 Å². The first-order valence-electron chi connectivity index (χ1n) is 6.38. The Morgan fingerprint density at radius 1 is 1.45 bits per heavy atom. The predicted octanol–water partition coefficient (Wildman–Crippen LogP) is 2.43. The summed E-state index contributed by atoms with van der Waals surface area (Å²) in [5.41, 5.74) is 0.0661. The SMILES string of the molecule is O=C(O)CC1CCN(c2ccc([N+](=O)[O-])cc2F)CC1. The molecule has 1 aromatic rings. The van der Waals surface area contributed by atoms with Crippen molar-refractivity contribution < 1.29 is 19.2 Å². The molecule has 1 aliphatic heterocycles. The molecule has 0 unspecified atom stereocenters. The zero-order chi connectivity index (χ0) is 14.7. The van der Waals surface area contributed by atoms with E-state index in [2.05, 4.69) is 0 Å². The van der Waals surface area contributed by atoms with Gasteiger partial charge in [-0.2, -0.15) is 0 Å². The number of non-ortho nitro benzene ring substituents is 1. The van der Waals surface area contributed by atoms with Crippen molar-refractivity contribution in [3.8, 4) is 0 Å². The van der Waals surface area contributed by atoms with E-state index in [1.165, 1.54) is 12.1 Å². The van der Waals surface area contributed by atoms with E-state index >= 15 is 0 Å². The summed E-state index contributed by atoms with van der Waals surface area (Å²) in [5, 5.41) is 19.3. The van der Waals surface area contributed by atoms with Crippen LogP contribution in [-0.2, 0) is 4.79 Å². The minimum absolute atomic E-state index is 0.116. The lowest BCUT2D eigenvalue weighted by Crippen LogP contribution is -2.34.